The Hall–Kier alpha value is -4.31. The van der Waals surface area contributed by atoms with Gasteiger partial charge >= 0.3 is 6.18 Å². The lowest BCUT2D eigenvalue weighted by atomic mass is 10.1. The van der Waals surface area contributed by atoms with Crippen molar-refractivity contribution in [2.75, 3.05) is 38.1 Å². The second kappa shape index (κ2) is 9.21. The minimum absolute atomic E-state index is 0.105. The number of likely N-dealkylation sites (N-methyl/N-ethyl adjacent to an activating group) is 1. The molecule has 0 aliphatic carbocycles. The summed E-state index contributed by atoms with van der Waals surface area (Å²) in [6, 6.07) is 15.2. The monoisotopic (exact) mass is 516 g/mol. The van der Waals surface area contributed by atoms with Crippen LogP contribution >= 0.6 is 0 Å². The maximum Gasteiger partial charge on any atom is 0.416 e. The van der Waals surface area contributed by atoms with Crippen LogP contribution in [0.2, 0.25) is 0 Å². The summed E-state index contributed by atoms with van der Waals surface area (Å²) < 4.78 is 41.6. The molecule has 6 rings (SSSR count). The van der Waals surface area contributed by atoms with E-state index in [0.29, 0.717) is 27.6 Å². The van der Waals surface area contributed by atoms with Crippen molar-refractivity contribution < 1.29 is 13.2 Å². The van der Waals surface area contributed by atoms with Crippen molar-refractivity contribution in [1.82, 2.24) is 24.4 Å². The Bertz CT molecular complexity index is 1710. The summed E-state index contributed by atoms with van der Waals surface area (Å²) in [5.74, 6) is 0.896. The van der Waals surface area contributed by atoms with Gasteiger partial charge in [-0.3, -0.25) is 14.3 Å². The zero-order valence-corrected chi connectivity index (χ0v) is 20.5. The molecule has 10 heteroatoms. The highest BCUT2D eigenvalue weighted by molar-refractivity contribution is 6.02. The molecule has 1 saturated heterocycles. The maximum atomic E-state index is 13.4. The third-order valence-electron chi connectivity index (χ3n) is 6.87. The van der Waals surface area contributed by atoms with Crippen LogP contribution in [-0.2, 0) is 6.18 Å². The molecule has 4 aromatic heterocycles. The molecule has 0 bridgehead atoms. The molecule has 1 fully saturated rings. The van der Waals surface area contributed by atoms with Crippen LogP contribution in [0, 0.1) is 0 Å². The van der Waals surface area contributed by atoms with Gasteiger partial charge in [-0.15, -0.1) is 0 Å². The first-order valence-electron chi connectivity index (χ1n) is 12.2. The van der Waals surface area contributed by atoms with Crippen LogP contribution in [0.25, 0.3) is 38.9 Å². The lowest BCUT2D eigenvalue weighted by Crippen LogP contribution is -2.44. The fourth-order valence-electron chi connectivity index (χ4n) is 4.77. The predicted molar refractivity (Wildman–Crippen MR) is 141 cm³/mol. The van der Waals surface area contributed by atoms with Gasteiger partial charge in [-0.25, -0.2) is 9.97 Å². The molecule has 38 heavy (non-hydrogen) atoms. The Balaban J connectivity index is 1.48. The highest BCUT2D eigenvalue weighted by atomic mass is 19.4. The van der Waals surface area contributed by atoms with Crippen molar-refractivity contribution in [3.63, 3.8) is 0 Å². The molecular weight excluding hydrogens is 493 g/mol. The van der Waals surface area contributed by atoms with E-state index in [1.807, 2.05) is 18.2 Å². The number of piperazine rings is 1. The van der Waals surface area contributed by atoms with E-state index in [1.54, 1.807) is 24.5 Å². The summed E-state index contributed by atoms with van der Waals surface area (Å²) in [6.07, 6.45) is -1.18. The highest BCUT2D eigenvalue weighted by Crippen LogP contribution is 2.32. The number of benzene rings is 1. The molecule has 1 aliphatic rings. The quantitative estimate of drug-likeness (QED) is 0.322. The average Bonchev–Trinajstić information content (AvgIpc) is 2.93. The summed E-state index contributed by atoms with van der Waals surface area (Å²) in [5.41, 5.74) is 1.54. The van der Waals surface area contributed by atoms with Crippen molar-refractivity contribution >= 4 is 27.8 Å². The fraction of sp³-hybridized carbons (Fsp3) is 0.214. The van der Waals surface area contributed by atoms with Crippen LogP contribution in [0.1, 0.15) is 5.56 Å². The maximum absolute atomic E-state index is 13.4. The third kappa shape index (κ3) is 4.37. The molecule has 0 atom stereocenters. The van der Waals surface area contributed by atoms with Gasteiger partial charge in [0.2, 0.25) is 0 Å². The summed E-state index contributed by atoms with van der Waals surface area (Å²) in [4.78, 5) is 31.5. The number of anilines is 1. The lowest BCUT2D eigenvalue weighted by molar-refractivity contribution is -0.137. The first-order chi connectivity index (χ1) is 18.3. The number of pyridine rings is 4. The molecule has 7 nitrogen and oxygen atoms in total. The van der Waals surface area contributed by atoms with Crippen molar-refractivity contribution in [2.45, 2.75) is 6.18 Å². The zero-order chi connectivity index (χ0) is 26.4. The van der Waals surface area contributed by atoms with Gasteiger partial charge < -0.3 is 9.80 Å². The van der Waals surface area contributed by atoms with Gasteiger partial charge in [0.1, 0.15) is 11.3 Å². The van der Waals surface area contributed by atoms with Gasteiger partial charge in [0.25, 0.3) is 5.56 Å². The third-order valence-corrected chi connectivity index (χ3v) is 6.87. The van der Waals surface area contributed by atoms with Crippen molar-refractivity contribution in [1.29, 1.82) is 0 Å². The van der Waals surface area contributed by atoms with Crippen molar-refractivity contribution in [2.24, 2.45) is 0 Å². The van der Waals surface area contributed by atoms with E-state index in [-0.39, 0.29) is 5.69 Å². The van der Waals surface area contributed by atoms with Gasteiger partial charge in [-0.05, 0) is 55.6 Å². The number of alkyl halides is 3. The summed E-state index contributed by atoms with van der Waals surface area (Å²) in [5, 5.41) is 0.586. The van der Waals surface area contributed by atoms with Crippen LogP contribution in [-0.4, -0.2) is 57.6 Å². The minimum atomic E-state index is -4.54. The van der Waals surface area contributed by atoms with Gasteiger partial charge in [-0.1, -0.05) is 6.07 Å². The largest absolute Gasteiger partial charge is 0.416 e. The van der Waals surface area contributed by atoms with Crippen LogP contribution in [0.5, 0.6) is 0 Å². The van der Waals surface area contributed by atoms with Crippen LogP contribution in [0.4, 0.5) is 19.0 Å². The Labute approximate surface area is 215 Å². The number of fused-ring (bicyclic) bond motifs is 3. The normalized spacial score (nSPS) is 14.9. The Morgan fingerprint density at radius 1 is 0.868 bits per heavy atom. The van der Waals surface area contributed by atoms with Gasteiger partial charge in [0.05, 0.1) is 22.3 Å². The molecule has 192 valence electrons. The smallest absolute Gasteiger partial charge is 0.354 e. The molecule has 0 amide bonds. The molecule has 0 saturated carbocycles. The molecule has 5 heterocycles. The number of rotatable bonds is 3. The second-order valence-electron chi connectivity index (χ2n) is 9.38. The minimum Gasteiger partial charge on any atom is -0.354 e. The van der Waals surface area contributed by atoms with E-state index in [1.165, 1.54) is 22.8 Å². The molecule has 1 aliphatic heterocycles. The van der Waals surface area contributed by atoms with Crippen LogP contribution < -0.4 is 10.5 Å². The van der Waals surface area contributed by atoms with Crippen molar-refractivity contribution in [3.05, 3.63) is 89.0 Å². The zero-order valence-electron chi connectivity index (χ0n) is 20.5. The Morgan fingerprint density at radius 3 is 2.42 bits per heavy atom. The molecular formula is C28H23F3N6O. The standard InChI is InChI=1S/C28H23F3N6O/c1-35-11-13-36(14-12-35)24-9-5-18(16-33-24)22-7-8-23-26(34-22)27-19(17-32-23)6-10-25(38)37(27)21-4-2-3-20(15-21)28(29,30)31/h2-10,15-17H,11-14H2,1H3. The first-order valence-corrected chi connectivity index (χ1v) is 12.2. The molecule has 5 aromatic rings. The topological polar surface area (TPSA) is 67.2 Å². The van der Waals surface area contributed by atoms with E-state index in [2.05, 4.69) is 26.8 Å². The van der Waals surface area contributed by atoms with E-state index in [4.69, 9.17) is 4.98 Å². The Morgan fingerprint density at radius 2 is 1.68 bits per heavy atom. The van der Waals surface area contributed by atoms with Crippen LogP contribution in [0.15, 0.2) is 77.9 Å². The summed E-state index contributed by atoms with van der Waals surface area (Å²) >= 11 is 0. The summed E-state index contributed by atoms with van der Waals surface area (Å²) in [6.45, 7) is 3.76. The van der Waals surface area contributed by atoms with Gasteiger partial charge in [0.15, 0.2) is 0 Å². The number of hydrogen-bond donors (Lipinski definition) is 0. The van der Waals surface area contributed by atoms with Gasteiger partial charge in [-0.2, -0.15) is 13.2 Å². The van der Waals surface area contributed by atoms with Crippen molar-refractivity contribution in [3.8, 4) is 16.9 Å². The molecule has 1 aromatic carbocycles. The number of hydrogen-bond acceptors (Lipinski definition) is 6. The summed E-state index contributed by atoms with van der Waals surface area (Å²) in [7, 11) is 2.10. The number of aromatic nitrogens is 4. The fourth-order valence-corrected chi connectivity index (χ4v) is 4.77. The highest BCUT2D eigenvalue weighted by Gasteiger charge is 2.30. The number of nitrogens with zero attached hydrogens (tertiary/aromatic N) is 6. The second-order valence-corrected chi connectivity index (χ2v) is 9.38. The van der Waals surface area contributed by atoms with Gasteiger partial charge in [0, 0.05) is 61.3 Å². The lowest BCUT2D eigenvalue weighted by Gasteiger charge is -2.33. The van der Waals surface area contributed by atoms with E-state index >= 15 is 0 Å². The average molecular weight is 517 g/mol. The van der Waals surface area contributed by atoms with E-state index < -0.39 is 17.3 Å². The Kier molecular flexibility index (Phi) is 5.83. The van der Waals surface area contributed by atoms with E-state index in [0.717, 1.165) is 49.7 Å². The SMILES string of the molecule is CN1CCN(c2ccc(-c3ccc4ncc5ccc(=O)n(-c6cccc(C(F)(F)F)c6)c5c4n3)cn2)CC1. The molecule has 0 unspecified atom stereocenters. The molecule has 0 radical (unpaired) electrons. The molecule has 0 spiro atoms. The van der Waals surface area contributed by atoms with E-state index in [9.17, 15) is 18.0 Å². The predicted octanol–water partition coefficient (Wildman–Crippen LogP) is 4.77. The molecule has 0 N–H and O–H groups in total. The van der Waals surface area contributed by atoms with Crippen LogP contribution in [0.3, 0.4) is 0 Å². The first kappa shape index (κ1) is 24.1. The number of halogens is 3.